The molecule has 1 fully saturated rings. The van der Waals surface area contributed by atoms with E-state index in [0.717, 1.165) is 12.8 Å². The van der Waals surface area contributed by atoms with E-state index in [1.807, 2.05) is 6.92 Å². The van der Waals surface area contributed by atoms with Crippen LogP contribution in [-0.4, -0.2) is 25.3 Å². The van der Waals surface area contributed by atoms with Crippen LogP contribution < -0.4 is 5.73 Å². The van der Waals surface area contributed by atoms with Crippen molar-refractivity contribution in [2.24, 2.45) is 5.92 Å². The van der Waals surface area contributed by atoms with Gasteiger partial charge in [0.15, 0.2) is 0 Å². The van der Waals surface area contributed by atoms with E-state index in [4.69, 9.17) is 17.3 Å². The number of anilines is 1. The van der Waals surface area contributed by atoms with Gasteiger partial charge in [0.1, 0.15) is 4.90 Å². The summed E-state index contributed by atoms with van der Waals surface area (Å²) in [6, 6.07) is 4.53. The van der Waals surface area contributed by atoms with Gasteiger partial charge in [0.2, 0.25) is 10.0 Å². The minimum atomic E-state index is -3.54. The highest BCUT2D eigenvalue weighted by Crippen LogP contribution is 2.31. The predicted octanol–water partition coefficient (Wildman–Crippen LogP) is 2.73. The molecule has 2 unspecified atom stereocenters. The molecular formula is C13H19ClN2O2S. The van der Waals surface area contributed by atoms with Crippen molar-refractivity contribution in [3.63, 3.8) is 0 Å². The molecule has 106 valence electrons. The Hall–Kier alpha value is -0.780. The Labute approximate surface area is 119 Å². The summed E-state index contributed by atoms with van der Waals surface area (Å²) >= 11 is 6.02. The number of sulfonamides is 1. The summed E-state index contributed by atoms with van der Waals surface area (Å²) in [5.41, 5.74) is 6.06. The SMILES string of the molecule is CC1CCN(S(=O)(=O)c2ccc(N)cc2Cl)C(C)C1. The van der Waals surface area contributed by atoms with Crippen LogP contribution >= 0.6 is 11.6 Å². The highest BCUT2D eigenvalue weighted by Gasteiger charge is 2.34. The zero-order chi connectivity index (χ0) is 14.2. The molecule has 2 rings (SSSR count). The maximum atomic E-state index is 12.6. The van der Waals surface area contributed by atoms with Crippen molar-refractivity contribution in [2.75, 3.05) is 12.3 Å². The van der Waals surface area contributed by atoms with Gasteiger partial charge < -0.3 is 5.73 Å². The second-order valence-corrected chi connectivity index (χ2v) is 7.55. The highest BCUT2D eigenvalue weighted by atomic mass is 35.5. The summed E-state index contributed by atoms with van der Waals surface area (Å²) in [4.78, 5) is 0.143. The molecule has 6 heteroatoms. The first kappa shape index (κ1) is 14.6. The average Bonchev–Trinajstić information content (AvgIpc) is 2.27. The first-order valence-corrected chi connectivity index (χ1v) is 8.21. The van der Waals surface area contributed by atoms with Crippen LogP contribution in [0.15, 0.2) is 23.1 Å². The van der Waals surface area contributed by atoms with Crippen molar-refractivity contribution in [1.29, 1.82) is 0 Å². The molecule has 1 aliphatic heterocycles. The normalized spacial score (nSPS) is 25.4. The molecule has 2 atom stereocenters. The number of nitrogen functional groups attached to an aromatic ring is 1. The summed E-state index contributed by atoms with van der Waals surface area (Å²) in [5.74, 6) is 0.559. The van der Waals surface area contributed by atoms with Gasteiger partial charge in [-0.1, -0.05) is 18.5 Å². The van der Waals surface area contributed by atoms with Crippen LogP contribution in [0, 0.1) is 5.92 Å². The number of piperidine rings is 1. The van der Waals surface area contributed by atoms with Gasteiger partial charge >= 0.3 is 0 Å². The molecule has 0 amide bonds. The fraction of sp³-hybridized carbons (Fsp3) is 0.538. The average molecular weight is 303 g/mol. The van der Waals surface area contributed by atoms with Crippen molar-refractivity contribution < 1.29 is 8.42 Å². The summed E-state index contributed by atoms with van der Waals surface area (Å²) in [7, 11) is -3.54. The first-order chi connectivity index (χ1) is 8.82. The standard InChI is InChI=1S/C13H19ClN2O2S/c1-9-5-6-16(10(2)7-9)19(17,18)13-4-3-11(15)8-12(13)14/h3-4,8-10H,5-7,15H2,1-2H3. The van der Waals surface area contributed by atoms with Gasteiger partial charge in [0.25, 0.3) is 0 Å². The third-order valence-corrected chi connectivity index (χ3v) is 6.12. The zero-order valence-electron chi connectivity index (χ0n) is 11.1. The van der Waals surface area contributed by atoms with Crippen LogP contribution in [0.1, 0.15) is 26.7 Å². The van der Waals surface area contributed by atoms with E-state index >= 15 is 0 Å². The maximum absolute atomic E-state index is 12.6. The molecular weight excluding hydrogens is 284 g/mol. The van der Waals surface area contributed by atoms with Crippen molar-refractivity contribution >= 4 is 27.3 Å². The number of nitrogens with two attached hydrogens (primary N) is 1. The van der Waals surface area contributed by atoms with E-state index in [1.54, 1.807) is 10.4 Å². The third kappa shape index (κ3) is 2.88. The third-order valence-electron chi connectivity index (χ3n) is 3.62. The van der Waals surface area contributed by atoms with Crippen molar-refractivity contribution in [3.05, 3.63) is 23.2 Å². The number of benzene rings is 1. The topological polar surface area (TPSA) is 63.4 Å². The lowest BCUT2D eigenvalue weighted by Crippen LogP contribution is -2.44. The summed E-state index contributed by atoms with van der Waals surface area (Å²) in [6.07, 6.45) is 1.77. The Morgan fingerprint density at radius 2 is 2.05 bits per heavy atom. The molecule has 0 radical (unpaired) electrons. The van der Waals surface area contributed by atoms with Crippen LogP contribution in [0.25, 0.3) is 0 Å². The van der Waals surface area contributed by atoms with Gasteiger partial charge in [-0.2, -0.15) is 4.31 Å². The lowest BCUT2D eigenvalue weighted by molar-refractivity contribution is 0.220. The molecule has 1 saturated heterocycles. The van der Waals surface area contributed by atoms with Crippen molar-refractivity contribution in [2.45, 2.75) is 37.6 Å². The van der Waals surface area contributed by atoms with E-state index < -0.39 is 10.0 Å². The molecule has 1 aliphatic rings. The molecule has 0 saturated carbocycles. The van der Waals surface area contributed by atoms with Crippen molar-refractivity contribution in [3.8, 4) is 0 Å². The van der Waals surface area contributed by atoms with Crippen LogP contribution in [0.2, 0.25) is 5.02 Å². The van der Waals surface area contributed by atoms with E-state index in [1.165, 1.54) is 12.1 Å². The Morgan fingerprint density at radius 3 is 2.63 bits per heavy atom. The highest BCUT2D eigenvalue weighted by molar-refractivity contribution is 7.89. The van der Waals surface area contributed by atoms with Gasteiger partial charge in [-0.05, 0) is 43.9 Å². The molecule has 0 aromatic heterocycles. The van der Waals surface area contributed by atoms with Gasteiger partial charge in [-0.3, -0.25) is 0 Å². The van der Waals surface area contributed by atoms with Crippen LogP contribution in [0.5, 0.6) is 0 Å². The van der Waals surface area contributed by atoms with E-state index in [0.29, 0.717) is 18.2 Å². The Balaban J connectivity index is 2.37. The molecule has 19 heavy (non-hydrogen) atoms. The van der Waals surface area contributed by atoms with E-state index in [2.05, 4.69) is 6.92 Å². The predicted molar refractivity (Wildman–Crippen MR) is 77.6 cm³/mol. The number of hydrogen-bond donors (Lipinski definition) is 1. The molecule has 0 bridgehead atoms. The zero-order valence-corrected chi connectivity index (χ0v) is 12.7. The van der Waals surface area contributed by atoms with E-state index in [-0.39, 0.29) is 16.0 Å². The Kier molecular flexibility index (Phi) is 4.08. The molecule has 2 N–H and O–H groups in total. The van der Waals surface area contributed by atoms with Gasteiger partial charge in [-0.15, -0.1) is 0 Å². The lowest BCUT2D eigenvalue weighted by Gasteiger charge is -2.35. The van der Waals surface area contributed by atoms with Crippen molar-refractivity contribution in [1.82, 2.24) is 4.31 Å². The minimum absolute atomic E-state index is 0.00219. The number of nitrogens with zero attached hydrogens (tertiary/aromatic N) is 1. The lowest BCUT2D eigenvalue weighted by atomic mass is 9.95. The minimum Gasteiger partial charge on any atom is -0.399 e. The fourth-order valence-corrected chi connectivity index (χ4v) is 4.78. The fourth-order valence-electron chi connectivity index (χ4n) is 2.60. The first-order valence-electron chi connectivity index (χ1n) is 6.39. The second-order valence-electron chi connectivity index (χ2n) is 5.28. The monoisotopic (exact) mass is 302 g/mol. The van der Waals surface area contributed by atoms with Gasteiger partial charge in [0, 0.05) is 18.3 Å². The molecule has 1 aromatic carbocycles. The maximum Gasteiger partial charge on any atom is 0.244 e. The largest absolute Gasteiger partial charge is 0.399 e. The van der Waals surface area contributed by atoms with E-state index in [9.17, 15) is 8.42 Å². The number of rotatable bonds is 2. The smallest absolute Gasteiger partial charge is 0.244 e. The summed E-state index contributed by atoms with van der Waals surface area (Å²) < 4.78 is 26.8. The quantitative estimate of drug-likeness (QED) is 0.854. The van der Waals surface area contributed by atoms with Gasteiger partial charge in [0.05, 0.1) is 5.02 Å². The summed E-state index contributed by atoms with van der Waals surface area (Å²) in [6.45, 7) is 4.64. The Morgan fingerprint density at radius 1 is 1.37 bits per heavy atom. The number of hydrogen-bond acceptors (Lipinski definition) is 3. The van der Waals surface area contributed by atoms with Crippen LogP contribution in [-0.2, 0) is 10.0 Å². The second kappa shape index (κ2) is 5.31. The number of halogens is 1. The molecule has 0 aliphatic carbocycles. The summed E-state index contributed by atoms with van der Waals surface area (Å²) in [5, 5.41) is 0.186. The molecule has 1 aromatic rings. The Bertz CT molecular complexity index is 574. The molecule has 4 nitrogen and oxygen atoms in total. The molecule has 1 heterocycles. The van der Waals surface area contributed by atoms with Crippen LogP contribution in [0.4, 0.5) is 5.69 Å². The molecule has 0 spiro atoms. The van der Waals surface area contributed by atoms with Gasteiger partial charge in [-0.25, -0.2) is 8.42 Å². The van der Waals surface area contributed by atoms with Crippen LogP contribution in [0.3, 0.4) is 0 Å².